The summed E-state index contributed by atoms with van der Waals surface area (Å²) >= 11 is 0. The van der Waals surface area contributed by atoms with E-state index in [9.17, 15) is 4.79 Å². The molecule has 0 radical (unpaired) electrons. The maximum absolute atomic E-state index is 12.5. The molecule has 1 aliphatic rings. The summed E-state index contributed by atoms with van der Waals surface area (Å²) in [7, 11) is 6.32. The summed E-state index contributed by atoms with van der Waals surface area (Å²) in [6.07, 6.45) is 2.66. The zero-order valence-electron chi connectivity index (χ0n) is 15.0. The molecule has 0 fully saturated rings. The first-order valence-corrected chi connectivity index (χ1v) is 8.18. The molecule has 2 aromatic rings. The van der Waals surface area contributed by atoms with E-state index in [-0.39, 0.29) is 5.43 Å². The normalized spacial score (nSPS) is 12.5. The Hall–Kier alpha value is -2.69. The van der Waals surface area contributed by atoms with Crippen LogP contribution < -0.4 is 24.4 Å². The molecule has 132 valence electrons. The molecule has 25 heavy (non-hydrogen) atoms. The molecular weight excluding hydrogens is 320 g/mol. The largest absolute Gasteiger partial charge is 0.493 e. The molecule has 0 heterocycles. The van der Waals surface area contributed by atoms with E-state index in [1.807, 2.05) is 12.1 Å². The van der Waals surface area contributed by atoms with Gasteiger partial charge in [-0.1, -0.05) is 6.07 Å². The maximum Gasteiger partial charge on any atom is 0.220 e. The van der Waals surface area contributed by atoms with Crippen LogP contribution in [-0.2, 0) is 12.8 Å². The lowest BCUT2D eigenvalue weighted by Gasteiger charge is -2.18. The highest BCUT2D eigenvalue weighted by molar-refractivity contribution is 5.78. The fourth-order valence-electron chi connectivity index (χ4n) is 3.44. The van der Waals surface area contributed by atoms with Gasteiger partial charge in [-0.2, -0.15) is 0 Å². The van der Waals surface area contributed by atoms with Gasteiger partial charge in [0, 0.05) is 5.56 Å². The zero-order valence-corrected chi connectivity index (χ0v) is 15.0. The second-order valence-corrected chi connectivity index (χ2v) is 5.87. The van der Waals surface area contributed by atoms with Gasteiger partial charge in [0.1, 0.15) is 0 Å². The summed E-state index contributed by atoms with van der Waals surface area (Å²) in [5.74, 6) is 2.15. The minimum Gasteiger partial charge on any atom is -0.493 e. The zero-order chi connectivity index (χ0) is 18.0. The summed E-state index contributed by atoms with van der Waals surface area (Å²) in [5.41, 5.74) is 3.82. The highest BCUT2D eigenvalue weighted by Crippen LogP contribution is 2.47. The average molecular weight is 342 g/mol. The Labute approximate surface area is 147 Å². The Balaban J connectivity index is 2.38. The highest BCUT2D eigenvalue weighted by Gasteiger charge is 2.24. The van der Waals surface area contributed by atoms with Crippen LogP contribution in [0.5, 0.6) is 23.0 Å². The van der Waals surface area contributed by atoms with Crippen molar-refractivity contribution in [3.8, 4) is 34.1 Å². The number of rotatable bonds is 4. The Bertz CT molecular complexity index is 858. The number of hydrogen-bond acceptors (Lipinski definition) is 5. The molecule has 1 aliphatic carbocycles. The van der Waals surface area contributed by atoms with Gasteiger partial charge in [0.2, 0.25) is 11.2 Å². The van der Waals surface area contributed by atoms with Crippen molar-refractivity contribution in [3.05, 3.63) is 45.6 Å². The van der Waals surface area contributed by atoms with E-state index in [1.165, 1.54) is 7.11 Å². The van der Waals surface area contributed by atoms with Gasteiger partial charge in [-0.3, -0.25) is 4.79 Å². The fraction of sp³-hybridized carbons (Fsp3) is 0.350. The Kier molecular flexibility index (Phi) is 4.83. The van der Waals surface area contributed by atoms with Crippen molar-refractivity contribution in [1.82, 2.24) is 0 Å². The van der Waals surface area contributed by atoms with E-state index in [4.69, 9.17) is 18.9 Å². The third-order valence-corrected chi connectivity index (χ3v) is 4.62. The van der Waals surface area contributed by atoms with Crippen LogP contribution >= 0.6 is 0 Å². The van der Waals surface area contributed by atoms with Crippen molar-refractivity contribution in [1.29, 1.82) is 0 Å². The molecule has 0 saturated carbocycles. The van der Waals surface area contributed by atoms with E-state index in [0.29, 0.717) is 23.0 Å². The maximum atomic E-state index is 12.5. The quantitative estimate of drug-likeness (QED) is 0.854. The van der Waals surface area contributed by atoms with Gasteiger partial charge in [0.05, 0.1) is 28.4 Å². The molecule has 2 aromatic carbocycles. The van der Waals surface area contributed by atoms with Crippen molar-refractivity contribution >= 4 is 0 Å². The third-order valence-electron chi connectivity index (χ3n) is 4.62. The minimum absolute atomic E-state index is 0.148. The van der Waals surface area contributed by atoms with Crippen LogP contribution in [0.3, 0.4) is 0 Å². The third kappa shape index (κ3) is 2.90. The number of ether oxygens (including phenoxy) is 4. The van der Waals surface area contributed by atoms with E-state index < -0.39 is 0 Å². The summed E-state index contributed by atoms with van der Waals surface area (Å²) in [6.45, 7) is 0. The van der Waals surface area contributed by atoms with E-state index in [0.717, 1.165) is 41.5 Å². The molecule has 0 amide bonds. The number of methoxy groups -OCH3 is 4. The van der Waals surface area contributed by atoms with E-state index in [2.05, 4.69) is 0 Å². The van der Waals surface area contributed by atoms with Crippen LogP contribution in [0.2, 0.25) is 0 Å². The lowest BCUT2D eigenvalue weighted by Crippen LogP contribution is -2.03. The number of fused-ring (bicyclic) bond motifs is 3. The topological polar surface area (TPSA) is 54.0 Å². The molecule has 0 bridgehead atoms. The fourth-order valence-corrected chi connectivity index (χ4v) is 3.44. The van der Waals surface area contributed by atoms with Gasteiger partial charge in [0.15, 0.2) is 17.2 Å². The van der Waals surface area contributed by atoms with E-state index in [1.54, 1.807) is 33.5 Å². The molecule has 3 rings (SSSR count). The molecule has 0 spiro atoms. The van der Waals surface area contributed by atoms with Crippen molar-refractivity contribution in [3.63, 3.8) is 0 Å². The summed E-state index contributed by atoms with van der Waals surface area (Å²) in [4.78, 5) is 12.5. The highest BCUT2D eigenvalue weighted by atomic mass is 16.5. The number of aryl methyl sites for hydroxylation is 1. The molecule has 0 saturated heterocycles. The molecule has 0 unspecified atom stereocenters. The van der Waals surface area contributed by atoms with Gasteiger partial charge in [-0.05, 0) is 54.2 Å². The van der Waals surface area contributed by atoms with Crippen LogP contribution in [-0.4, -0.2) is 28.4 Å². The van der Waals surface area contributed by atoms with Gasteiger partial charge in [-0.25, -0.2) is 0 Å². The SMILES string of the molecule is COc1cc2c(c(OC)c1OC)CCCc1ccc(OC)c(=O)cc1-2. The van der Waals surface area contributed by atoms with Crippen molar-refractivity contribution in [2.75, 3.05) is 28.4 Å². The van der Waals surface area contributed by atoms with Crippen LogP contribution in [0, 0.1) is 0 Å². The van der Waals surface area contributed by atoms with Crippen LogP contribution in [0.15, 0.2) is 29.1 Å². The predicted molar refractivity (Wildman–Crippen MR) is 96.4 cm³/mol. The van der Waals surface area contributed by atoms with Gasteiger partial charge in [-0.15, -0.1) is 0 Å². The van der Waals surface area contributed by atoms with Crippen LogP contribution in [0.25, 0.3) is 11.1 Å². The number of hydrogen-bond donors (Lipinski definition) is 0. The smallest absolute Gasteiger partial charge is 0.220 e. The molecule has 0 aromatic heterocycles. The molecule has 0 atom stereocenters. The molecule has 0 N–H and O–H groups in total. The summed E-state index contributed by atoms with van der Waals surface area (Å²) in [6, 6.07) is 7.27. The van der Waals surface area contributed by atoms with Crippen LogP contribution in [0.4, 0.5) is 0 Å². The standard InChI is InChI=1S/C20H22O5/c1-22-17-9-8-12-6-5-7-13-15(14(12)10-16(17)21)11-18(23-2)20(25-4)19(13)24-3/h8-11H,5-7H2,1-4H3. The van der Waals surface area contributed by atoms with Gasteiger partial charge in [0.25, 0.3) is 0 Å². The Morgan fingerprint density at radius 3 is 2.12 bits per heavy atom. The van der Waals surface area contributed by atoms with Crippen molar-refractivity contribution < 1.29 is 18.9 Å². The molecule has 5 nitrogen and oxygen atoms in total. The number of benzene rings is 1. The summed E-state index contributed by atoms with van der Waals surface area (Å²) in [5, 5.41) is 0. The average Bonchev–Trinajstić information content (AvgIpc) is 2.89. The molecule has 5 heteroatoms. The second-order valence-electron chi connectivity index (χ2n) is 5.87. The lowest BCUT2D eigenvalue weighted by molar-refractivity contribution is 0.322. The van der Waals surface area contributed by atoms with Gasteiger partial charge >= 0.3 is 0 Å². The van der Waals surface area contributed by atoms with Crippen molar-refractivity contribution in [2.45, 2.75) is 19.3 Å². The van der Waals surface area contributed by atoms with E-state index >= 15 is 0 Å². The van der Waals surface area contributed by atoms with Gasteiger partial charge < -0.3 is 18.9 Å². The minimum atomic E-state index is -0.148. The Morgan fingerprint density at radius 1 is 0.760 bits per heavy atom. The second kappa shape index (κ2) is 7.05. The lowest BCUT2D eigenvalue weighted by atomic mass is 9.96. The Morgan fingerprint density at radius 2 is 1.48 bits per heavy atom. The van der Waals surface area contributed by atoms with Crippen molar-refractivity contribution in [2.24, 2.45) is 0 Å². The molecule has 0 aliphatic heterocycles. The van der Waals surface area contributed by atoms with Crippen LogP contribution in [0.1, 0.15) is 17.5 Å². The predicted octanol–water partition coefficient (Wildman–Crippen LogP) is 3.24. The first-order chi connectivity index (χ1) is 12.1. The first-order valence-electron chi connectivity index (χ1n) is 8.18. The molecular formula is C20H22O5. The monoisotopic (exact) mass is 342 g/mol. The first kappa shape index (κ1) is 17.1. The summed E-state index contributed by atoms with van der Waals surface area (Å²) < 4.78 is 21.8.